The lowest BCUT2D eigenvalue weighted by Gasteiger charge is -2.17. The Labute approximate surface area is 176 Å². The van der Waals surface area contributed by atoms with Gasteiger partial charge in [-0.1, -0.05) is 30.3 Å². The molecule has 1 aliphatic heterocycles. The summed E-state index contributed by atoms with van der Waals surface area (Å²) in [4.78, 5) is 24.2. The van der Waals surface area contributed by atoms with Crippen LogP contribution in [0.15, 0.2) is 60.7 Å². The molecular weight excluding hydrogens is 407 g/mol. The molecule has 0 fully saturated rings. The summed E-state index contributed by atoms with van der Waals surface area (Å²) in [5.74, 6) is -0.251. The Balaban J connectivity index is 1.66. The first kappa shape index (κ1) is 20.5. The highest BCUT2D eigenvalue weighted by atomic mass is 19.4. The van der Waals surface area contributed by atoms with E-state index in [1.165, 1.54) is 12.1 Å². The van der Waals surface area contributed by atoms with Crippen LogP contribution in [0.1, 0.15) is 27.0 Å². The van der Waals surface area contributed by atoms with Crippen molar-refractivity contribution in [2.24, 2.45) is 0 Å². The van der Waals surface area contributed by atoms with Gasteiger partial charge in [-0.3, -0.25) is 4.79 Å². The van der Waals surface area contributed by atoms with E-state index in [-0.39, 0.29) is 18.1 Å². The van der Waals surface area contributed by atoms with Crippen molar-refractivity contribution in [3.8, 4) is 11.1 Å². The second-order valence-electron chi connectivity index (χ2n) is 7.22. The third-order valence-electron chi connectivity index (χ3n) is 5.01. The van der Waals surface area contributed by atoms with E-state index in [4.69, 9.17) is 0 Å². The molecule has 3 N–H and O–H groups in total. The molecule has 31 heavy (non-hydrogen) atoms. The van der Waals surface area contributed by atoms with Crippen LogP contribution in [-0.4, -0.2) is 11.9 Å². The smallest absolute Gasteiger partial charge is 0.348 e. The number of nitrogens with one attached hydrogen (secondary N) is 3. The number of benzene rings is 3. The average molecular weight is 425 g/mol. The molecule has 5 nitrogen and oxygen atoms in total. The number of amides is 3. The van der Waals surface area contributed by atoms with Gasteiger partial charge < -0.3 is 16.0 Å². The van der Waals surface area contributed by atoms with Crippen LogP contribution < -0.4 is 16.0 Å². The van der Waals surface area contributed by atoms with E-state index < -0.39 is 17.8 Å². The highest BCUT2D eigenvalue weighted by molar-refractivity contribution is 6.02. The van der Waals surface area contributed by atoms with Crippen molar-refractivity contribution >= 4 is 23.3 Å². The number of rotatable bonds is 3. The van der Waals surface area contributed by atoms with Crippen molar-refractivity contribution in [3.05, 3.63) is 82.9 Å². The van der Waals surface area contributed by atoms with E-state index >= 15 is 0 Å². The van der Waals surface area contributed by atoms with Crippen molar-refractivity contribution in [1.82, 2.24) is 5.32 Å². The molecule has 3 amide bonds. The number of urea groups is 1. The maximum Gasteiger partial charge on any atom is 0.418 e. The summed E-state index contributed by atoms with van der Waals surface area (Å²) in [7, 11) is 0. The Kier molecular flexibility index (Phi) is 5.14. The lowest BCUT2D eigenvalue weighted by molar-refractivity contribution is -0.136. The van der Waals surface area contributed by atoms with Crippen molar-refractivity contribution in [2.45, 2.75) is 19.6 Å². The molecule has 1 heterocycles. The summed E-state index contributed by atoms with van der Waals surface area (Å²) in [6, 6.07) is 14.8. The van der Waals surface area contributed by atoms with Gasteiger partial charge in [-0.25, -0.2) is 4.79 Å². The molecule has 0 bridgehead atoms. The number of anilines is 2. The molecule has 8 heteroatoms. The number of hydrogen-bond donors (Lipinski definition) is 3. The molecule has 0 unspecified atom stereocenters. The Morgan fingerprint density at radius 1 is 0.968 bits per heavy atom. The van der Waals surface area contributed by atoms with E-state index in [1.54, 1.807) is 36.4 Å². The monoisotopic (exact) mass is 425 g/mol. The molecule has 3 aromatic rings. The minimum Gasteiger partial charge on any atom is -0.348 e. The Bertz CT molecular complexity index is 1190. The lowest BCUT2D eigenvalue weighted by atomic mass is 9.95. The lowest BCUT2D eigenvalue weighted by Crippen LogP contribution is -2.22. The second kappa shape index (κ2) is 7.79. The normalized spacial score (nSPS) is 12.8. The zero-order chi connectivity index (χ0) is 22.2. The summed E-state index contributed by atoms with van der Waals surface area (Å²) in [6.45, 7) is 2.09. The van der Waals surface area contributed by atoms with Crippen molar-refractivity contribution < 1.29 is 22.8 Å². The van der Waals surface area contributed by atoms with Crippen molar-refractivity contribution in [3.63, 3.8) is 0 Å². The molecule has 0 saturated carbocycles. The minimum absolute atomic E-state index is 0.251. The number of halogens is 3. The van der Waals surface area contributed by atoms with Crippen molar-refractivity contribution in [1.29, 1.82) is 0 Å². The van der Waals surface area contributed by atoms with Crippen LogP contribution in [-0.2, 0) is 12.7 Å². The largest absolute Gasteiger partial charge is 0.418 e. The fourth-order valence-corrected chi connectivity index (χ4v) is 3.59. The molecule has 3 aromatic carbocycles. The zero-order valence-corrected chi connectivity index (χ0v) is 16.4. The predicted octanol–water partition coefficient (Wildman–Crippen LogP) is 5.57. The highest BCUT2D eigenvalue weighted by Gasteiger charge is 2.35. The van der Waals surface area contributed by atoms with Crippen LogP contribution >= 0.6 is 0 Å². The summed E-state index contributed by atoms with van der Waals surface area (Å²) >= 11 is 0. The number of hydrogen-bond acceptors (Lipinski definition) is 2. The molecule has 4 rings (SSSR count). The summed E-state index contributed by atoms with van der Waals surface area (Å²) in [6.07, 6.45) is -4.69. The van der Waals surface area contributed by atoms with Crippen LogP contribution in [0.25, 0.3) is 11.1 Å². The van der Waals surface area contributed by atoms with E-state index in [9.17, 15) is 22.8 Å². The Hall–Kier alpha value is -3.81. The fraction of sp³-hybridized carbons (Fsp3) is 0.130. The van der Waals surface area contributed by atoms with Gasteiger partial charge in [0, 0.05) is 17.8 Å². The summed E-state index contributed by atoms with van der Waals surface area (Å²) in [5, 5.41) is 7.50. The van der Waals surface area contributed by atoms with Crippen LogP contribution in [0.4, 0.5) is 29.3 Å². The molecule has 0 aliphatic carbocycles. The van der Waals surface area contributed by atoms with Crippen LogP contribution in [0.2, 0.25) is 0 Å². The number of alkyl halides is 3. The Morgan fingerprint density at radius 2 is 1.71 bits per heavy atom. The summed E-state index contributed by atoms with van der Waals surface area (Å²) < 4.78 is 41.3. The van der Waals surface area contributed by atoms with Crippen molar-refractivity contribution in [2.75, 3.05) is 10.6 Å². The number of fused-ring (bicyclic) bond motifs is 1. The first-order chi connectivity index (χ1) is 14.7. The topological polar surface area (TPSA) is 70.2 Å². The maximum atomic E-state index is 13.8. The second-order valence-corrected chi connectivity index (χ2v) is 7.22. The third-order valence-corrected chi connectivity index (χ3v) is 5.01. The Morgan fingerprint density at radius 3 is 2.45 bits per heavy atom. The van der Waals surface area contributed by atoms with Gasteiger partial charge in [0.05, 0.1) is 11.3 Å². The van der Waals surface area contributed by atoms with Gasteiger partial charge in [0.15, 0.2) is 0 Å². The van der Waals surface area contributed by atoms with Crippen LogP contribution in [0.5, 0.6) is 0 Å². The van der Waals surface area contributed by atoms with Crippen LogP contribution in [0, 0.1) is 6.92 Å². The molecule has 158 valence electrons. The van der Waals surface area contributed by atoms with Gasteiger partial charge in [0.2, 0.25) is 0 Å². The highest BCUT2D eigenvalue weighted by Crippen LogP contribution is 2.39. The third kappa shape index (κ3) is 4.23. The molecular formula is C23H18F3N3O2. The van der Waals surface area contributed by atoms with Gasteiger partial charge in [0.1, 0.15) is 0 Å². The number of carbonyl (C=O) groups is 2. The van der Waals surface area contributed by atoms with Gasteiger partial charge in [0.25, 0.3) is 5.91 Å². The number of aryl methyl sites for hydroxylation is 1. The molecule has 0 radical (unpaired) electrons. The molecule has 0 atom stereocenters. The quantitative estimate of drug-likeness (QED) is 0.514. The van der Waals surface area contributed by atoms with Gasteiger partial charge in [-0.05, 0) is 59.5 Å². The van der Waals surface area contributed by atoms with Gasteiger partial charge >= 0.3 is 12.2 Å². The average Bonchev–Trinajstić information content (AvgIpc) is 3.09. The number of carbonyl (C=O) groups excluding carboxylic acids is 2. The standard InChI is InChI=1S/C23H18F3N3O2/c1-13-4-2-5-15(10-13)28-22(31)29-20-9-8-14(11-19(20)23(24,25)26)16-6-3-7-17-18(16)12-27-21(17)30/h2-11H,12H2,1H3,(H,27,30)(H2,28,29,31). The molecule has 0 aromatic heterocycles. The van der Waals surface area contributed by atoms with E-state index in [2.05, 4.69) is 16.0 Å². The first-order valence-electron chi connectivity index (χ1n) is 9.49. The van der Waals surface area contributed by atoms with Gasteiger partial charge in [-0.15, -0.1) is 0 Å². The van der Waals surface area contributed by atoms with E-state index in [1.807, 2.05) is 13.0 Å². The SMILES string of the molecule is Cc1cccc(NC(=O)Nc2ccc(-c3cccc4c3CNC4=O)cc2C(F)(F)F)c1. The van der Waals surface area contributed by atoms with Gasteiger partial charge in [-0.2, -0.15) is 13.2 Å². The van der Waals surface area contributed by atoms with Crippen LogP contribution in [0.3, 0.4) is 0 Å². The van der Waals surface area contributed by atoms with E-state index in [0.29, 0.717) is 27.9 Å². The maximum absolute atomic E-state index is 13.8. The first-order valence-corrected chi connectivity index (χ1v) is 9.49. The molecule has 0 saturated heterocycles. The fourth-order valence-electron chi connectivity index (χ4n) is 3.59. The predicted molar refractivity (Wildman–Crippen MR) is 112 cm³/mol. The zero-order valence-electron chi connectivity index (χ0n) is 16.4. The molecule has 1 aliphatic rings. The molecule has 0 spiro atoms. The summed E-state index contributed by atoms with van der Waals surface area (Å²) in [5.41, 5.74) is 2.00. The van der Waals surface area contributed by atoms with E-state index in [0.717, 1.165) is 11.6 Å². The minimum atomic E-state index is -4.69.